The summed E-state index contributed by atoms with van der Waals surface area (Å²) in [6.45, 7) is 0. The molecule has 3 aromatic rings. The number of nitro groups is 2. The van der Waals surface area contributed by atoms with Crippen molar-refractivity contribution >= 4 is 50.7 Å². The average molecular weight is 435 g/mol. The summed E-state index contributed by atoms with van der Waals surface area (Å²) in [5.41, 5.74) is 5.39. The van der Waals surface area contributed by atoms with Gasteiger partial charge in [-0.25, -0.2) is 0 Å². The molecule has 0 aliphatic rings. The number of hydrogen-bond acceptors (Lipinski definition) is 7. The van der Waals surface area contributed by atoms with Gasteiger partial charge < -0.3 is 10.8 Å². The second-order valence-electron chi connectivity index (χ2n) is 5.59. The number of rotatable bonds is 4. The van der Waals surface area contributed by atoms with Gasteiger partial charge in [0.25, 0.3) is 5.69 Å². The van der Waals surface area contributed by atoms with Crippen LogP contribution >= 0.6 is 23.4 Å². The first-order valence-corrected chi connectivity index (χ1v) is 9.31. The van der Waals surface area contributed by atoms with Crippen LogP contribution in [0.4, 0.5) is 11.4 Å². The molecule has 3 rings (SSSR count). The van der Waals surface area contributed by atoms with Crippen LogP contribution in [0, 0.1) is 25.6 Å². The Kier molecular flexibility index (Phi) is 7.34. The van der Waals surface area contributed by atoms with E-state index in [1.165, 1.54) is 11.8 Å². The molecule has 0 amide bonds. The fourth-order valence-electron chi connectivity index (χ4n) is 2.38. The summed E-state index contributed by atoms with van der Waals surface area (Å²) in [6, 6.07) is 14.5. The number of aromatic hydroxyl groups is 1. The summed E-state index contributed by atoms with van der Waals surface area (Å²) in [5, 5.41) is 39.6. The Morgan fingerprint density at radius 2 is 1.72 bits per heavy atom. The Morgan fingerprint density at radius 3 is 2.31 bits per heavy atom. The standard InChI is InChI=1S/C12H11ClN2S.C6H4N2O5/c13-11-6-5-8(7-16-12(14)15)9-3-1-2-4-10(9)11;9-6-2-1-4(7(10)11)3-5(6)8(12)13/h1-6H,7H2,(H3,14,15);1-3,9H. The van der Waals surface area contributed by atoms with Crippen LogP contribution in [-0.2, 0) is 5.75 Å². The van der Waals surface area contributed by atoms with Crippen molar-refractivity contribution in [3.8, 4) is 5.75 Å². The predicted molar refractivity (Wildman–Crippen MR) is 114 cm³/mol. The average Bonchev–Trinajstić information content (AvgIpc) is 2.68. The lowest BCUT2D eigenvalue weighted by Gasteiger charge is -2.07. The molecular weight excluding hydrogens is 420 g/mol. The third-order valence-electron chi connectivity index (χ3n) is 3.71. The van der Waals surface area contributed by atoms with Gasteiger partial charge in [-0.15, -0.1) is 0 Å². The van der Waals surface area contributed by atoms with Gasteiger partial charge in [-0.05, 0) is 23.1 Å². The molecule has 0 heterocycles. The lowest BCUT2D eigenvalue weighted by atomic mass is 10.1. The molecule has 0 bridgehead atoms. The Hall–Kier alpha value is -3.37. The van der Waals surface area contributed by atoms with Crippen LogP contribution < -0.4 is 5.73 Å². The Labute approximate surface area is 173 Å². The summed E-state index contributed by atoms with van der Waals surface area (Å²) >= 11 is 7.44. The van der Waals surface area contributed by atoms with Crippen molar-refractivity contribution in [1.29, 1.82) is 5.41 Å². The van der Waals surface area contributed by atoms with Crippen LogP contribution in [0.15, 0.2) is 54.6 Å². The third kappa shape index (κ3) is 5.80. The molecule has 9 nitrogen and oxygen atoms in total. The van der Waals surface area contributed by atoms with Crippen molar-refractivity contribution in [1.82, 2.24) is 0 Å². The van der Waals surface area contributed by atoms with E-state index in [9.17, 15) is 20.2 Å². The number of phenolic OH excluding ortho intramolecular Hbond substituents is 1. The van der Waals surface area contributed by atoms with E-state index < -0.39 is 27.0 Å². The molecule has 0 spiro atoms. The van der Waals surface area contributed by atoms with E-state index in [0.717, 1.165) is 33.5 Å². The van der Waals surface area contributed by atoms with Gasteiger partial charge in [0.15, 0.2) is 10.9 Å². The minimum Gasteiger partial charge on any atom is -0.502 e. The van der Waals surface area contributed by atoms with Crippen LogP contribution in [0.2, 0.25) is 5.02 Å². The van der Waals surface area contributed by atoms with E-state index >= 15 is 0 Å². The molecule has 150 valence electrons. The number of phenols is 1. The number of benzene rings is 3. The van der Waals surface area contributed by atoms with E-state index in [-0.39, 0.29) is 5.17 Å². The first-order valence-electron chi connectivity index (χ1n) is 7.95. The first kappa shape index (κ1) is 21.9. The highest BCUT2D eigenvalue weighted by Crippen LogP contribution is 2.29. The van der Waals surface area contributed by atoms with Gasteiger partial charge in [0.05, 0.1) is 15.9 Å². The van der Waals surface area contributed by atoms with Crippen molar-refractivity contribution in [3.63, 3.8) is 0 Å². The van der Waals surface area contributed by atoms with E-state index in [0.29, 0.717) is 11.8 Å². The molecule has 3 aromatic carbocycles. The molecule has 0 aliphatic heterocycles. The van der Waals surface area contributed by atoms with E-state index in [2.05, 4.69) is 0 Å². The van der Waals surface area contributed by atoms with Gasteiger partial charge in [-0.1, -0.05) is 53.7 Å². The monoisotopic (exact) mass is 434 g/mol. The third-order valence-corrected chi connectivity index (χ3v) is 4.81. The van der Waals surface area contributed by atoms with Gasteiger partial charge in [-0.2, -0.15) is 0 Å². The van der Waals surface area contributed by atoms with Gasteiger partial charge in [0.2, 0.25) is 0 Å². The van der Waals surface area contributed by atoms with Gasteiger partial charge in [0, 0.05) is 22.2 Å². The van der Waals surface area contributed by atoms with E-state index in [4.69, 9.17) is 27.9 Å². The molecule has 0 fully saturated rings. The van der Waals surface area contributed by atoms with Crippen molar-refractivity contribution in [2.45, 2.75) is 5.75 Å². The summed E-state index contributed by atoms with van der Waals surface area (Å²) in [6.07, 6.45) is 0. The molecule has 29 heavy (non-hydrogen) atoms. The largest absolute Gasteiger partial charge is 0.502 e. The first-order chi connectivity index (χ1) is 13.7. The number of halogens is 1. The maximum Gasteiger partial charge on any atom is 0.317 e. The molecule has 0 unspecified atom stereocenters. The number of nitrogens with one attached hydrogen (secondary N) is 1. The number of hydrogen-bond donors (Lipinski definition) is 3. The minimum atomic E-state index is -0.887. The number of nitro benzene ring substituents is 2. The van der Waals surface area contributed by atoms with Crippen LogP contribution in [0.1, 0.15) is 5.56 Å². The summed E-state index contributed by atoms with van der Waals surface area (Å²) < 4.78 is 0. The molecule has 0 aromatic heterocycles. The number of fused-ring (bicyclic) bond motifs is 1. The Bertz CT molecular complexity index is 1090. The highest BCUT2D eigenvalue weighted by Gasteiger charge is 2.18. The Balaban J connectivity index is 0.000000212. The fraction of sp³-hybridized carbons (Fsp3) is 0.0556. The highest BCUT2D eigenvalue weighted by atomic mass is 35.5. The molecule has 4 N–H and O–H groups in total. The lowest BCUT2D eigenvalue weighted by molar-refractivity contribution is -0.394. The Morgan fingerprint density at radius 1 is 1.07 bits per heavy atom. The molecule has 0 saturated heterocycles. The maximum absolute atomic E-state index is 10.2. The normalized spacial score (nSPS) is 10.1. The molecule has 0 radical (unpaired) electrons. The van der Waals surface area contributed by atoms with Crippen molar-refractivity contribution in [2.75, 3.05) is 0 Å². The number of nitrogens with zero attached hydrogens (tertiary/aromatic N) is 2. The summed E-state index contributed by atoms with van der Waals surface area (Å²) in [5.74, 6) is 0.114. The second-order valence-corrected chi connectivity index (χ2v) is 7.02. The van der Waals surface area contributed by atoms with E-state index in [1.54, 1.807) is 0 Å². The lowest BCUT2D eigenvalue weighted by Crippen LogP contribution is -2.03. The fourth-order valence-corrected chi connectivity index (χ4v) is 3.17. The topological polar surface area (TPSA) is 156 Å². The zero-order valence-corrected chi connectivity index (χ0v) is 16.3. The van der Waals surface area contributed by atoms with Crippen LogP contribution in [0.25, 0.3) is 10.8 Å². The number of non-ortho nitro benzene ring substituents is 1. The zero-order chi connectivity index (χ0) is 21.6. The molecule has 0 saturated carbocycles. The minimum absolute atomic E-state index is 0.138. The number of nitrogens with two attached hydrogens (primary N) is 1. The SMILES string of the molecule is N=C(N)SCc1ccc(Cl)c2ccccc12.O=[N+]([O-])c1ccc(O)c([N+](=O)[O-])c1. The second kappa shape index (κ2) is 9.71. The quantitative estimate of drug-likeness (QED) is 0.229. The van der Waals surface area contributed by atoms with Gasteiger partial charge in [-0.3, -0.25) is 25.6 Å². The van der Waals surface area contributed by atoms with Gasteiger partial charge >= 0.3 is 5.69 Å². The highest BCUT2D eigenvalue weighted by molar-refractivity contribution is 8.13. The molecule has 11 heteroatoms. The number of amidine groups is 1. The molecular formula is C18H15ClN4O5S. The maximum atomic E-state index is 10.2. The van der Waals surface area contributed by atoms with Crippen molar-refractivity contribution in [2.24, 2.45) is 5.73 Å². The smallest absolute Gasteiger partial charge is 0.317 e. The predicted octanol–water partition coefficient (Wildman–Crippen LogP) is 4.83. The van der Waals surface area contributed by atoms with Crippen molar-refractivity contribution < 1.29 is 15.0 Å². The van der Waals surface area contributed by atoms with Crippen LogP contribution in [-0.4, -0.2) is 20.1 Å². The molecule has 0 atom stereocenters. The summed E-state index contributed by atoms with van der Waals surface area (Å²) in [4.78, 5) is 18.7. The van der Waals surface area contributed by atoms with Gasteiger partial charge in [0.1, 0.15) is 0 Å². The van der Waals surface area contributed by atoms with Crippen LogP contribution in [0.5, 0.6) is 5.75 Å². The molecule has 0 aliphatic carbocycles. The van der Waals surface area contributed by atoms with Crippen LogP contribution in [0.3, 0.4) is 0 Å². The van der Waals surface area contributed by atoms with Crippen molar-refractivity contribution in [3.05, 3.63) is 85.4 Å². The van der Waals surface area contributed by atoms with E-state index in [1.807, 2.05) is 36.4 Å². The zero-order valence-electron chi connectivity index (χ0n) is 14.7. The summed E-state index contributed by atoms with van der Waals surface area (Å²) in [7, 11) is 0. The number of thioether (sulfide) groups is 1.